The van der Waals surface area contributed by atoms with Crippen LogP contribution in [0.15, 0.2) is 18.2 Å². The average molecular weight is 365 g/mol. The van der Waals surface area contributed by atoms with Gasteiger partial charge in [0.25, 0.3) is 5.91 Å². The molecule has 1 aromatic rings. The summed E-state index contributed by atoms with van der Waals surface area (Å²) in [5.74, 6) is -0.660. The summed E-state index contributed by atoms with van der Waals surface area (Å²) in [4.78, 5) is 23.3. The van der Waals surface area contributed by atoms with Crippen LogP contribution in [0.2, 0.25) is 0 Å². The highest BCUT2D eigenvalue weighted by molar-refractivity contribution is 5.95. The molecular weight excluding hydrogens is 338 g/mol. The smallest absolute Gasteiger partial charge is 0.341 e. The van der Waals surface area contributed by atoms with E-state index in [1.165, 1.54) is 0 Å². The summed E-state index contributed by atoms with van der Waals surface area (Å²) in [7, 11) is 1.68. The number of amides is 1. The Morgan fingerprint density at radius 1 is 1.23 bits per heavy atom. The summed E-state index contributed by atoms with van der Waals surface area (Å²) in [6, 6.07) is 4.71. The average Bonchev–Trinajstić information content (AvgIpc) is 2.59. The highest BCUT2D eigenvalue weighted by atomic mass is 16.5. The third-order valence-electron chi connectivity index (χ3n) is 5.44. The molecule has 0 saturated heterocycles. The van der Waals surface area contributed by atoms with Crippen LogP contribution in [0.25, 0.3) is 0 Å². The molecule has 1 aliphatic rings. The van der Waals surface area contributed by atoms with Gasteiger partial charge in [-0.1, -0.05) is 13.8 Å². The maximum Gasteiger partial charge on any atom is 0.341 e. The minimum absolute atomic E-state index is 0.00145. The standard InChI is InChI=1S/C19H27NO6/c1-6-25-14-9-12(7-8-13(14)26-11-16(21)22)17(23)20-15-10-19(4,24-5)18(15,2)3/h7-9,15H,6,10-11H2,1-5H3,(H,20,23)(H,21,22)/t15-,19+/m0/s1. The number of carbonyl (C=O) groups excluding carboxylic acids is 1. The molecule has 2 rings (SSSR count). The van der Waals surface area contributed by atoms with Crippen molar-refractivity contribution in [3.8, 4) is 11.5 Å². The minimum Gasteiger partial charge on any atom is -0.490 e. The molecule has 0 bridgehead atoms. The van der Waals surface area contributed by atoms with Crippen molar-refractivity contribution in [3.05, 3.63) is 23.8 Å². The maximum atomic E-state index is 12.6. The number of hydrogen-bond acceptors (Lipinski definition) is 5. The molecule has 0 aliphatic heterocycles. The molecule has 2 atom stereocenters. The van der Waals surface area contributed by atoms with E-state index in [2.05, 4.69) is 19.2 Å². The van der Waals surface area contributed by atoms with E-state index in [1.54, 1.807) is 32.2 Å². The molecule has 2 N–H and O–H groups in total. The molecule has 1 fully saturated rings. The molecular formula is C19H27NO6. The number of rotatable bonds is 8. The molecule has 7 heteroatoms. The van der Waals surface area contributed by atoms with E-state index in [1.807, 2.05) is 6.92 Å². The Balaban J connectivity index is 2.12. The van der Waals surface area contributed by atoms with Gasteiger partial charge in [0.15, 0.2) is 18.1 Å². The molecule has 7 nitrogen and oxygen atoms in total. The number of carboxylic acids is 1. The van der Waals surface area contributed by atoms with Crippen molar-refractivity contribution in [3.63, 3.8) is 0 Å². The first-order valence-electron chi connectivity index (χ1n) is 8.62. The van der Waals surface area contributed by atoms with E-state index in [-0.39, 0.29) is 23.0 Å². The van der Waals surface area contributed by atoms with Crippen molar-refractivity contribution in [2.24, 2.45) is 5.41 Å². The van der Waals surface area contributed by atoms with Gasteiger partial charge >= 0.3 is 5.97 Å². The summed E-state index contributed by atoms with van der Waals surface area (Å²) >= 11 is 0. The van der Waals surface area contributed by atoms with Gasteiger partial charge in [-0.15, -0.1) is 0 Å². The predicted octanol–water partition coefficient (Wildman–Crippen LogP) is 2.48. The third-order valence-corrected chi connectivity index (χ3v) is 5.44. The van der Waals surface area contributed by atoms with Crippen LogP contribution in [0.1, 0.15) is 44.5 Å². The van der Waals surface area contributed by atoms with E-state index in [0.717, 1.165) is 6.42 Å². The number of ether oxygens (including phenoxy) is 3. The molecule has 0 unspecified atom stereocenters. The van der Waals surface area contributed by atoms with E-state index in [0.29, 0.717) is 23.7 Å². The molecule has 1 amide bonds. The monoisotopic (exact) mass is 365 g/mol. The van der Waals surface area contributed by atoms with Crippen molar-refractivity contribution >= 4 is 11.9 Å². The molecule has 0 spiro atoms. The van der Waals surface area contributed by atoms with Crippen LogP contribution in [0.5, 0.6) is 11.5 Å². The first-order valence-corrected chi connectivity index (χ1v) is 8.62. The quantitative estimate of drug-likeness (QED) is 0.735. The van der Waals surface area contributed by atoms with Crippen molar-refractivity contribution < 1.29 is 28.9 Å². The normalized spacial score (nSPS) is 23.7. The number of nitrogens with one attached hydrogen (secondary N) is 1. The lowest BCUT2D eigenvalue weighted by molar-refractivity contribution is -0.177. The fourth-order valence-electron chi connectivity index (χ4n) is 3.14. The van der Waals surface area contributed by atoms with Crippen LogP contribution >= 0.6 is 0 Å². The van der Waals surface area contributed by atoms with Crippen molar-refractivity contribution in [1.29, 1.82) is 0 Å². The van der Waals surface area contributed by atoms with Crippen LogP contribution in [0.3, 0.4) is 0 Å². The van der Waals surface area contributed by atoms with Gasteiger partial charge in [-0.2, -0.15) is 0 Å². The highest BCUT2D eigenvalue weighted by Crippen LogP contribution is 2.51. The van der Waals surface area contributed by atoms with Gasteiger partial charge < -0.3 is 24.6 Å². The minimum atomic E-state index is -1.08. The fourth-order valence-corrected chi connectivity index (χ4v) is 3.14. The van der Waals surface area contributed by atoms with Gasteiger partial charge in [0, 0.05) is 24.1 Å². The van der Waals surface area contributed by atoms with E-state index in [9.17, 15) is 9.59 Å². The molecule has 1 aliphatic carbocycles. The zero-order valence-corrected chi connectivity index (χ0v) is 15.9. The van der Waals surface area contributed by atoms with Crippen LogP contribution in [-0.2, 0) is 9.53 Å². The zero-order valence-electron chi connectivity index (χ0n) is 15.9. The predicted molar refractivity (Wildman–Crippen MR) is 95.8 cm³/mol. The lowest BCUT2D eigenvalue weighted by Gasteiger charge is -2.59. The molecule has 144 valence electrons. The summed E-state index contributed by atoms with van der Waals surface area (Å²) in [6.45, 7) is 7.88. The maximum absolute atomic E-state index is 12.6. The Kier molecular flexibility index (Phi) is 5.81. The van der Waals surface area contributed by atoms with Gasteiger partial charge in [-0.05, 0) is 38.5 Å². The second-order valence-electron chi connectivity index (χ2n) is 7.16. The Labute approximate surface area is 153 Å². The molecule has 1 aromatic carbocycles. The summed E-state index contributed by atoms with van der Waals surface area (Å²) in [5.41, 5.74) is -0.0290. The number of benzene rings is 1. The van der Waals surface area contributed by atoms with Gasteiger partial charge in [-0.25, -0.2) is 4.79 Å². The number of hydrogen-bond donors (Lipinski definition) is 2. The number of aliphatic carboxylic acids is 1. The Bertz CT molecular complexity index is 687. The van der Waals surface area contributed by atoms with Crippen molar-refractivity contribution in [2.75, 3.05) is 20.3 Å². The first kappa shape index (κ1) is 20.0. The summed E-state index contributed by atoms with van der Waals surface area (Å²) < 4.78 is 16.3. The first-order chi connectivity index (χ1) is 12.1. The van der Waals surface area contributed by atoms with Crippen LogP contribution in [0, 0.1) is 5.41 Å². The van der Waals surface area contributed by atoms with Gasteiger partial charge in [0.1, 0.15) is 0 Å². The molecule has 1 saturated carbocycles. The number of carboxylic acid groups (broad SMARTS) is 1. The van der Waals surface area contributed by atoms with Crippen LogP contribution in [0.4, 0.5) is 0 Å². The number of carbonyl (C=O) groups is 2. The summed E-state index contributed by atoms with van der Waals surface area (Å²) in [5, 5.41) is 11.8. The van der Waals surface area contributed by atoms with Crippen molar-refractivity contribution in [1.82, 2.24) is 5.32 Å². The topological polar surface area (TPSA) is 94.1 Å². The second-order valence-corrected chi connectivity index (χ2v) is 7.16. The molecule has 0 radical (unpaired) electrons. The number of methoxy groups -OCH3 is 1. The lowest BCUT2D eigenvalue weighted by Crippen LogP contribution is -2.68. The second kappa shape index (κ2) is 7.53. The van der Waals surface area contributed by atoms with E-state index in [4.69, 9.17) is 19.3 Å². The molecule has 0 heterocycles. The van der Waals surface area contributed by atoms with Gasteiger partial charge in [-0.3, -0.25) is 4.79 Å². The molecule has 0 aromatic heterocycles. The largest absolute Gasteiger partial charge is 0.490 e. The third kappa shape index (κ3) is 3.77. The Hall–Kier alpha value is -2.28. The van der Waals surface area contributed by atoms with E-state index < -0.39 is 12.6 Å². The van der Waals surface area contributed by atoms with Crippen LogP contribution in [-0.4, -0.2) is 48.9 Å². The zero-order chi connectivity index (χ0) is 19.5. The van der Waals surface area contributed by atoms with E-state index >= 15 is 0 Å². The van der Waals surface area contributed by atoms with Crippen LogP contribution < -0.4 is 14.8 Å². The highest BCUT2D eigenvalue weighted by Gasteiger charge is 2.58. The summed E-state index contributed by atoms with van der Waals surface area (Å²) in [6.07, 6.45) is 0.736. The Morgan fingerprint density at radius 3 is 2.46 bits per heavy atom. The SMILES string of the molecule is CCOc1cc(C(=O)N[C@H]2C[C@@](C)(OC)C2(C)C)ccc1OCC(=O)O. The van der Waals surface area contributed by atoms with Crippen molar-refractivity contribution in [2.45, 2.75) is 45.8 Å². The Morgan fingerprint density at radius 2 is 1.92 bits per heavy atom. The lowest BCUT2D eigenvalue weighted by atomic mass is 9.56. The van der Waals surface area contributed by atoms with Gasteiger partial charge in [0.2, 0.25) is 0 Å². The molecule has 26 heavy (non-hydrogen) atoms. The fraction of sp³-hybridized carbons (Fsp3) is 0.579. The van der Waals surface area contributed by atoms with Gasteiger partial charge in [0.05, 0.1) is 12.2 Å².